The molecule has 0 spiro atoms. The lowest BCUT2D eigenvalue weighted by atomic mass is 10.0. The topological polar surface area (TPSA) is 42.4 Å². The molecule has 0 bridgehead atoms. The smallest absolute Gasteiger partial charge is 0.406 e. The van der Waals surface area contributed by atoms with Crippen molar-refractivity contribution in [3.8, 4) is 17.0 Å². The highest BCUT2D eigenvalue weighted by molar-refractivity contribution is 5.62. The fraction of sp³-hybridized carbons (Fsp3) is 0.267. The van der Waals surface area contributed by atoms with Crippen molar-refractivity contribution in [3.05, 3.63) is 47.2 Å². The maximum Gasteiger partial charge on any atom is 0.573 e. The van der Waals surface area contributed by atoms with Gasteiger partial charge in [-0.15, -0.1) is 13.2 Å². The molecule has 0 fully saturated rings. The van der Waals surface area contributed by atoms with E-state index in [-0.39, 0.29) is 22.5 Å². The van der Waals surface area contributed by atoms with Gasteiger partial charge >= 0.3 is 12.5 Å². The van der Waals surface area contributed by atoms with E-state index < -0.39 is 30.5 Å². The first-order valence-corrected chi connectivity index (χ1v) is 6.56. The third-order valence-electron chi connectivity index (χ3n) is 3.18. The molecule has 0 atom stereocenters. The molecule has 0 saturated heterocycles. The minimum Gasteiger partial charge on any atom is -0.406 e. The van der Waals surface area contributed by atoms with Crippen LogP contribution in [0.4, 0.5) is 26.3 Å². The van der Waals surface area contributed by atoms with Crippen LogP contribution in [-0.4, -0.2) is 16.5 Å². The van der Waals surface area contributed by atoms with E-state index in [1.54, 1.807) is 0 Å². The predicted octanol–water partition coefficient (Wildman–Crippen LogP) is 4.47. The van der Waals surface area contributed by atoms with Gasteiger partial charge in [-0.05, 0) is 37.3 Å². The number of rotatable bonds is 3. The van der Waals surface area contributed by atoms with Crippen molar-refractivity contribution in [2.45, 2.75) is 26.1 Å². The molecule has 3 nitrogen and oxygen atoms in total. The quantitative estimate of drug-likeness (QED) is 0.830. The van der Waals surface area contributed by atoms with E-state index in [2.05, 4.69) is 9.72 Å². The zero-order valence-electron chi connectivity index (χ0n) is 12.2. The summed E-state index contributed by atoms with van der Waals surface area (Å²) in [5.41, 5.74) is -1.29. The van der Waals surface area contributed by atoms with Crippen LogP contribution in [0.25, 0.3) is 11.3 Å². The molecule has 9 heteroatoms. The summed E-state index contributed by atoms with van der Waals surface area (Å²) in [6, 6.07) is 5.04. The van der Waals surface area contributed by atoms with E-state index in [4.69, 9.17) is 5.11 Å². The van der Waals surface area contributed by atoms with Gasteiger partial charge in [-0.3, -0.25) is 4.98 Å². The third kappa shape index (κ3) is 4.16. The second kappa shape index (κ2) is 6.31. The maximum absolute atomic E-state index is 13.1. The van der Waals surface area contributed by atoms with E-state index in [0.29, 0.717) is 0 Å². The van der Waals surface area contributed by atoms with E-state index in [1.165, 1.54) is 19.1 Å². The molecule has 1 heterocycles. The van der Waals surface area contributed by atoms with Gasteiger partial charge in [0.1, 0.15) is 5.75 Å². The summed E-state index contributed by atoms with van der Waals surface area (Å²) in [4.78, 5) is 3.97. The second-order valence-corrected chi connectivity index (χ2v) is 4.85. The number of aromatic nitrogens is 1. The number of benzene rings is 1. The lowest BCUT2D eigenvalue weighted by Crippen LogP contribution is -2.17. The molecule has 2 aromatic rings. The van der Waals surface area contributed by atoms with Crippen molar-refractivity contribution >= 4 is 0 Å². The van der Waals surface area contributed by atoms with Gasteiger partial charge in [0.2, 0.25) is 0 Å². The molecule has 130 valence electrons. The van der Waals surface area contributed by atoms with Crippen LogP contribution < -0.4 is 4.74 Å². The Kier molecular flexibility index (Phi) is 4.75. The number of halogens is 6. The normalized spacial score (nSPS) is 12.3. The molecule has 0 aliphatic heterocycles. The molecule has 0 amide bonds. The van der Waals surface area contributed by atoms with Crippen LogP contribution >= 0.6 is 0 Å². The van der Waals surface area contributed by atoms with Crippen LogP contribution in [0, 0.1) is 6.92 Å². The van der Waals surface area contributed by atoms with Gasteiger partial charge in [-0.25, -0.2) is 0 Å². The monoisotopic (exact) mass is 351 g/mol. The number of pyridine rings is 1. The van der Waals surface area contributed by atoms with Crippen LogP contribution in [0.15, 0.2) is 30.3 Å². The van der Waals surface area contributed by atoms with Crippen LogP contribution in [-0.2, 0) is 12.8 Å². The largest absolute Gasteiger partial charge is 0.573 e. The van der Waals surface area contributed by atoms with Crippen LogP contribution in [0.2, 0.25) is 0 Å². The first-order valence-electron chi connectivity index (χ1n) is 6.56. The Balaban J connectivity index is 2.44. The van der Waals surface area contributed by atoms with E-state index in [1.807, 2.05) is 0 Å². The van der Waals surface area contributed by atoms with Gasteiger partial charge in [0, 0.05) is 16.8 Å². The number of hydrogen-bond acceptors (Lipinski definition) is 3. The number of nitrogens with zero attached hydrogens (tertiary/aromatic N) is 1. The van der Waals surface area contributed by atoms with Crippen LogP contribution in [0.1, 0.15) is 16.8 Å². The van der Waals surface area contributed by atoms with Crippen molar-refractivity contribution in [2.75, 3.05) is 0 Å². The van der Waals surface area contributed by atoms with Crippen molar-refractivity contribution < 1.29 is 36.2 Å². The van der Waals surface area contributed by atoms with Gasteiger partial charge in [-0.2, -0.15) is 13.2 Å². The molecule has 0 unspecified atom stereocenters. The summed E-state index contributed by atoms with van der Waals surface area (Å²) in [6.07, 6.45) is -9.55. The molecule has 2 rings (SSSR count). The Morgan fingerprint density at radius 3 is 2.08 bits per heavy atom. The zero-order chi connectivity index (χ0) is 18.1. The third-order valence-corrected chi connectivity index (χ3v) is 3.18. The summed E-state index contributed by atoms with van der Waals surface area (Å²) < 4.78 is 79.2. The van der Waals surface area contributed by atoms with Crippen molar-refractivity contribution in [1.82, 2.24) is 4.98 Å². The van der Waals surface area contributed by atoms with E-state index in [0.717, 1.165) is 18.2 Å². The molecule has 0 radical (unpaired) electrons. The molecule has 1 aromatic heterocycles. The van der Waals surface area contributed by atoms with Gasteiger partial charge in [0.15, 0.2) is 0 Å². The highest BCUT2D eigenvalue weighted by Gasteiger charge is 2.35. The Morgan fingerprint density at radius 1 is 1.04 bits per heavy atom. The van der Waals surface area contributed by atoms with E-state index >= 15 is 0 Å². The highest BCUT2D eigenvalue weighted by Crippen LogP contribution is 2.36. The summed E-state index contributed by atoms with van der Waals surface area (Å²) in [6.45, 7) is 0.484. The Hall–Kier alpha value is -2.29. The fourth-order valence-electron chi connectivity index (χ4n) is 2.13. The zero-order valence-corrected chi connectivity index (χ0v) is 12.2. The van der Waals surface area contributed by atoms with Gasteiger partial charge in [-0.1, -0.05) is 0 Å². The van der Waals surface area contributed by atoms with E-state index in [9.17, 15) is 26.3 Å². The van der Waals surface area contributed by atoms with Gasteiger partial charge in [0.05, 0.1) is 17.9 Å². The standard InChI is InChI=1S/C15H11F6NO2/c1-8-11(7-23)12(14(16,17)18)6-13(22-8)9-2-4-10(5-3-9)24-15(19,20)21/h2-6,23H,7H2,1H3. The summed E-state index contributed by atoms with van der Waals surface area (Å²) in [7, 11) is 0. The van der Waals surface area contributed by atoms with Crippen molar-refractivity contribution in [2.24, 2.45) is 0 Å². The molecule has 0 aliphatic carbocycles. The minimum absolute atomic E-state index is 0.0158. The average Bonchev–Trinajstić information content (AvgIpc) is 2.44. The van der Waals surface area contributed by atoms with Gasteiger partial charge < -0.3 is 9.84 Å². The summed E-state index contributed by atoms with van der Waals surface area (Å²) in [5, 5.41) is 9.11. The molecule has 1 aromatic carbocycles. The first kappa shape index (κ1) is 18.1. The highest BCUT2D eigenvalue weighted by atomic mass is 19.4. The average molecular weight is 351 g/mol. The van der Waals surface area contributed by atoms with Gasteiger partial charge in [0.25, 0.3) is 0 Å². The number of ether oxygens (including phenoxy) is 1. The molecule has 1 N–H and O–H groups in total. The lowest BCUT2D eigenvalue weighted by molar-refractivity contribution is -0.274. The van der Waals surface area contributed by atoms with Crippen molar-refractivity contribution in [1.29, 1.82) is 0 Å². The molecule has 0 aliphatic rings. The minimum atomic E-state index is -4.86. The number of aliphatic hydroxyl groups is 1. The number of hydrogen-bond donors (Lipinski definition) is 1. The van der Waals surface area contributed by atoms with Crippen LogP contribution in [0.5, 0.6) is 5.75 Å². The summed E-state index contributed by atoms with van der Waals surface area (Å²) in [5.74, 6) is -0.494. The number of aryl methyl sites for hydroxylation is 1. The van der Waals surface area contributed by atoms with Crippen molar-refractivity contribution in [3.63, 3.8) is 0 Å². The molecular formula is C15H11F6NO2. The second-order valence-electron chi connectivity index (χ2n) is 4.85. The fourth-order valence-corrected chi connectivity index (χ4v) is 2.13. The predicted molar refractivity (Wildman–Crippen MR) is 72.0 cm³/mol. The van der Waals surface area contributed by atoms with Crippen LogP contribution in [0.3, 0.4) is 0 Å². The molecular weight excluding hydrogens is 340 g/mol. The summed E-state index contributed by atoms with van der Waals surface area (Å²) >= 11 is 0. The Labute approximate surface area is 132 Å². The Bertz CT molecular complexity index is 722. The first-order chi connectivity index (χ1) is 11.0. The molecule has 0 saturated carbocycles. The number of alkyl halides is 6. The SMILES string of the molecule is Cc1nc(-c2ccc(OC(F)(F)F)cc2)cc(C(F)(F)F)c1CO. The molecule has 24 heavy (non-hydrogen) atoms. The number of aliphatic hydroxyl groups excluding tert-OH is 1. The lowest BCUT2D eigenvalue weighted by Gasteiger charge is -2.15. The maximum atomic E-state index is 13.1. The Morgan fingerprint density at radius 2 is 1.62 bits per heavy atom.